The van der Waals surface area contributed by atoms with Crippen LogP contribution in [0, 0.1) is 11.5 Å². The van der Waals surface area contributed by atoms with Gasteiger partial charge in [-0.2, -0.15) is 0 Å². The van der Waals surface area contributed by atoms with Gasteiger partial charge in [-0.25, -0.2) is 0 Å². The van der Waals surface area contributed by atoms with Gasteiger partial charge < -0.3 is 0 Å². The summed E-state index contributed by atoms with van der Waals surface area (Å²) in [7, 11) is 0. The van der Waals surface area contributed by atoms with Crippen LogP contribution in [0.5, 0.6) is 0 Å². The highest BCUT2D eigenvalue weighted by molar-refractivity contribution is 5.14. The van der Waals surface area contributed by atoms with Crippen LogP contribution >= 0.6 is 0 Å². The summed E-state index contributed by atoms with van der Waals surface area (Å²) in [6.45, 7) is 8.19. The molecule has 1 aromatic rings. The highest BCUT2D eigenvalue weighted by atomic mass is 15.2. The highest BCUT2D eigenvalue weighted by Gasteiger charge is 2.33. The van der Waals surface area contributed by atoms with Crippen LogP contribution in [0.4, 0.5) is 0 Å². The molecule has 13 heavy (non-hydrogen) atoms. The lowest BCUT2D eigenvalue weighted by molar-refractivity contribution is 0.0242. The molecule has 1 saturated heterocycles. The van der Waals surface area contributed by atoms with E-state index in [1.165, 1.54) is 18.7 Å². The molecule has 69 valence electrons. The standard InChI is InChI=1S/C12H16N/c1-12(2)9-13(10-12)8-11-6-4-3-5-7-11/h4-7H,8-10H2,1-2H3. The zero-order valence-electron chi connectivity index (χ0n) is 8.38. The zero-order valence-corrected chi connectivity index (χ0v) is 8.38. The average Bonchev–Trinajstić information content (AvgIpc) is 2.03. The Labute approximate surface area is 80.4 Å². The fourth-order valence-electron chi connectivity index (χ4n) is 2.06. The smallest absolute Gasteiger partial charge is 0.0234 e. The van der Waals surface area contributed by atoms with Gasteiger partial charge in [0, 0.05) is 19.6 Å². The maximum Gasteiger partial charge on any atom is 0.0234 e. The third kappa shape index (κ3) is 2.10. The third-order valence-electron chi connectivity index (χ3n) is 2.50. The highest BCUT2D eigenvalue weighted by Crippen LogP contribution is 2.29. The van der Waals surface area contributed by atoms with E-state index in [1.54, 1.807) is 0 Å². The Balaban J connectivity index is 1.88. The third-order valence-corrected chi connectivity index (χ3v) is 2.50. The van der Waals surface area contributed by atoms with Gasteiger partial charge in [0.2, 0.25) is 0 Å². The van der Waals surface area contributed by atoms with E-state index in [-0.39, 0.29) is 0 Å². The van der Waals surface area contributed by atoms with Gasteiger partial charge in [0.15, 0.2) is 0 Å². The fraction of sp³-hybridized carbons (Fsp3) is 0.500. The molecule has 1 nitrogen and oxygen atoms in total. The van der Waals surface area contributed by atoms with Crippen molar-refractivity contribution in [2.75, 3.05) is 13.1 Å². The predicted molar refractivity (Wildman–Crippen MR) is 54.3 cm³/mol. The summed E-state index contributed by atoms with van der Waals surface area (Å²) >= 11 is 0. The van der Waals surface area contributed by atoms with Crippen molar-refractivity contribution in [3.05, 3.63) is 35.9 Å². The SMILES string of the molecule is CC1(C)CN(Cc2cc[c]cc2)C1. The van der Waals surface area contributed by atoms with Gasteiger partial charge >= 0.3 is 0 Å². The van der Waals surface area contributed by atoms with Crippen LogP contribution in [0.2, 0.25) is 0 Å². The lowest BCUT2D eigenvalue weighted by Gasteiger charge is -2.46. The monoisotopic (exact) mass is 174 g/mol. The molecule has 1 heterocycles. The molecule has 1 fully saturated rings. The molecule has 1 radical (unpaired) electrons. The first-order valence-corrected chi connectivity index (χ1v) is 4.83. The molecule has 0 N–H and O–H groups in total. The fourth-order valence-corrected chi connectivity index (χ4v) is 2.06. The maximum atomic E-state index is 3.04. The van der Waals surface area contributed by atoms with Crippen LogP contribution < -0.4 is 0 Å². The van der Waals surface area contributed by atoms with Crippen molar-refractivity contribution in [1.29, 1.82) is 0 Å². The minimum atomic E-state index is 0.543. The van der Waals surface area contributed by atoms with E-state index in [1.807, 2.05) is 12.1 Å². The molecule has 0 aromatic heterocycles. The molecule has 0 atom stereocenters. The summed E-state index contributed by atoms with van der Waals surface area (Å²) < 4.78 is 0. The number of rotatable bonds is 2. The largest absolute Gasteiger partial charge is 0.298 e. The molecule has 2 rings (SSSR count). The van der Waals surface area contributed by atoms with Crippen molar-refractivity contribution in [3.63, 3.8) is 0 Å². The Bertz CT molecular complexity index is 268. The van der Waals surface area contributed by atoms with E-state index in [2.05, 4.69) is 36.9 Å². The molecular formula is C12H16N. The second-order valence-corrected chi connectivity index (χ2v) is 4.72. The van der Waals surface area contributed by atoms with Crippen molar-refractivity contribution in [1.82, 2.24) is 4.90 Å². The first-order valence-electron chi connectivity index (χ1n) is 4.83. The van der Waals surface area contributed by atoms with Gasteiger partial charge in [0.05, 0.1) is 0 Å². The van der Waals surface area contributed by atoms with Crippen LogP contribution in [0.3, 0.4) is 0 Å². The maximum absolute atomic E-state index is 3.04. The normalized spacial score (nSPS) is 21.1. The van der Waals surface area contributed by atoms with Crippen LogP contribution in [-0.4, -0.2) is 18.0 Å². The van der Waals surface area contributed by atoms with Crippen molar-refractivity contribution in [2.24, 2.45) is 5.41 Å². The second kappa shape index (κ2) is 3.15. The van der Waals surface area contributed by atoms with Gasteiger partial charge in [-0.05, 0) is 17.0 Å². The Hall–Kier alpha value is -0.820. The molecule has 0 aliphatic carbocycles. The van der Waals surface area contributed by atoms with Crippen LogP contribution in [-0.2, 0) is 6.54 Å². The molecule has 1 aliphatic heterocycles. The lowest BCUT2D eigenvalue weighted by Crippen LogP contribution is -2.52. The van der Waals surface area contributed by atoms with Crippen molar-refractivity contribution < 1.29 is 0 Å². The van der Waals surface area contributed by atoms with Crippen LogP contribution in [0.25, 0.3) is 0 Å². The van der Waals surface area contributed by atoms with E-state index in [9.17, 15) is 0 Å². The number of hydrogen-bond acceptors (Lipinski definition) is 1. The average molecular weight is 174 g/mol. The lowest BCUT2D eigenvalue weighted by atomic mass is 9.84. The minimum Gasteiger partial charge on any atom is -0.298 e. The Morgan fingerprint density at radius 1 is 1.31 bits per heavy atom. The van der Waals surface area contributed by atoms with Crippen LogP contribution in [0.15, 0.2) is 24.3 Å². The molecule has 1 heteroatoms. The minimum absolute atomic E-state index is 0.543. The number of nitrogens with zero attached hydrogens (tertiary/aromatic N) is 1. The first-order chi connectivity index (χ1) is 6.16. The predicted octanol–water partition coefficient (Wildman–Crippen LogP) is 2.33. The molecule has 0 amide bonds. The van der Waals surface area contributed by atoms with Crippen molar-refractivity contribution in [2.45, 2.75) is 20.4 Å². The van der Waals surface area contributed by atoms with E-state index in [0.29, 0.717) is 5.41 Å². The molecule has 1 aromatic carbocycles. The number of likely N-dealkylation sites (tertiary alicyclic amines) is 1. The quantitative estimate of drug-likeness (QED) is 0.665. The Kier molecular flexibility index (Phi) is 2.12. The number of hydrogen-bond donors (Lipinski definition) is 0. The summed E-state index contributed by atoms with van der Waals surface area (Å²) in [5, 5.41) is 0. The van der Waals surface area contributed by atoms with Crippen LogP contribution in [0.1, 0.15) is 19.4 Å². The topological polar surface area (TPSA) is 3.24 Å². The van der Waals surface area contributed by atoms with E-state index < -0.39 is 0 Å². The summed E-state index contributed by atoms with van der Waals surface area (Å²) in [6.07, 6.45) is 0. The van der Waals surface area contributed by atoms with E-state index in [0.717, 1.165) is 6.54 Å². The molecule has 0 bridgehead atoms. The van der Waals surface area contributed by atoms with Gasteiger partial charge in [0.1, 0.15) is 0 Å². The molecule has 0 saturated carbocycles. The van der Waals surface area contributed by atoms with Gasteiger partial charge in [-0.15, -0.1) is 0 Å². The van der Waals surface area contributed by atoms with E-state index in [4.69, 9.17) is 0 Å². The van der Waals surface area contributed by atoms with Crippen molar-refractivity contribution in [3.8, 4) is 0 Å². The summed E-state index contributed by atoms with van der Waals surface area (Å²) in [4.78, 5) is 2.48. The molecule has 0 unspecified atom stereocenters. The van der Waals surface area contributed by atoms with E-state index >= 15 is 0 Å². The molecule has 1 aliphatic rings. The second-order valence-electron chi connectivity index (χ2n) is 4.72. The number of benzene rings is 1. The molecular weight excluding hydrogens is 158 g/mol. The zero-order chi connectivity index (χ0) is 9.31. The summed E-state index contributed by atoms with van der Waals surface area (Å²) in [6, 6.07) is 11.3. The first kappa shape index (κ1) is 8.76. The molecule has 0 spiro atoms. The van der Waals surface area contributed by atoms with Gasteiger partial charge in [-0.3, -0.25) is 4.90 Å². The van der Waals surface area contributed by atoms with Gasteiger partial charge in [-0.1, -0.05) is 38.1 Å². The Morgan fingerprint density at radius 3 is 2.46 bits per heavy atom. The Morgan fingerprint density at radius 2 is 1.92 bits per heavy atom. The summed E-state index contributed by atoms with van der Waals surface area (Å²) in [5.41, 5.74) is 1.94. The van der Waals surface area contributed by atoms with Gasteiger partial charge in [0.25, 0.3) is 0 Å². The van der Waals surface area contributed by atoms with Crippen molar-refractivity contribution >= 4 is 0 Å². The summed E-state index contributed by atoms with van der Waals surface area (Å²) in [5.74, 6) is 0.